The first-order chi connectivity index (χ1) is 10.0. The third-order valence-electron chi connectivity index (χ3n) is 3.63. The van der Waals surface area contributed by atoms with Crippen molar-refractivity contribution >= 4 is 10.0 Å². The smallest absolute Gasteiger partial charge is 0.242 e. The summed E-state index contributed by atoms with van der Waals surface area (Å²) in [6, 6.07) is 7.99. The number of benzene rings is 1. The number of rotatable bonds is 5. The zero-order valence-corrected chi connectivity index (χ0v) is 12.9. The minimum absolute atomic E-state index is 0.226. The Morgan fingerprint density at radius 3 is 2.48 bits per heavy atom. The van der Waals surface area contributed by atoms with Gasteiger partial charge in [0, 0.05) is 46.3 Å². The molecular weight excluding hydrogens is 288 g/mol. The maximum Gasteiger partial charge on any atom is 0.242 e. The summed E-state index contributed by atoms with van der Waals surface area (Å²) in [5.74, 6) is 0. The van der Waals surface area contributed by atoms with Gasteiger partial charge >= 0.3 is 0 Å². The molecule has 0 aliphatic carbocycles. The molecule has 1 N–H and O–H groups in total. The van der Waals surface area contributed by atoms with Crippen LogP contribution in [0.2, 0.25) is 0 Å². The van der Waals surface area contributed by atoms with E-state index < -0.39 is 10.0 Å². The van der Waals surface area contributed by atoms with Crippen molar-refractivity contribution in [2.45, 2.75) is 4.90 Å². The molecule has 1 aromatic carbocycles. The molecule has 0 radical (unpaired) electrons. The number of piperazine rings is 1. The van der Waals surface area contributed by atoms with Gasteiger partial charge in [0.15, 0.2) is 0 Å². The molecule has 7 heteroatoms. The Balaban J connectivity index is 1.98. The largest absolute Gasteiger partial charge is 0.314 e. The maximum atomic E-state index is 12.4. The van der Waals surface area contributed by atoms with Gasteiger partial charge in [0.05, 0.1) is 16.5 Å². The van der Waals surface area contributed by atoms with Gasteiger partial charge in [-0.25, -0.2) is 8.42 Å². The van der Waals surface area contributed by atoms with Crippen LogP contribution in [0.5, 0.6) is 0 Å². The van der Waals surface area contributed by atoms with Gasteiger partial charge in [-0.15, -0.1) is 0 Å². The highest BCUT2D eigenvalue weighted by atomic mass is 32.2. The predicted molar refractivity (Wildman–Crippen MR) is 80.3 cm³/mol. The fourth-order valence-corrected chi connectivity index (χ4v) is 3.38. The van der Waals surface area contributed by atoms with Crippen LogP contribution in [0.25, 0.3) is 0 Å². The molecule has 1 fully saturated rings. The van der Waals surface area contributed by atoms with E-state index in [1.165, 1.54) is 28.6 Å². The highest BCUT2D eigenvalue weighted by molar-refractivity contribution is 7.89. The molecule has 0 atom stereocenters. The Morgan fingerprint density at radius 1 is 1.29 bits per heavy atom. The standard InChI is InChI=1S/C14H20N4O2S/c1-17(10-11-18-8-6-16-7-9-18)21(19,20)14-4-2-13(12-15)3-5-14/h2-5,16H,6-11H2,1H3. The maximum absolute atomic E-state index is 12.4. The summed E-state index contributed by atoms with van der Waals surface area (Å²) in [6.07, 6.45) is 0. The molecular formula is C14H20N4O2S. The molecule has 21 heavy (non-hydrogen) atoms. The van der Waals surface area contributed by atoms with E-state index in [9.17, 15) is 8.42 Å². The van der Waals surface area contributed by atoms with Crippen molar-refractivity contribution in [2.24, 2.45) is 0 Å². The van der Waals surface area contributed by atoms with E-state index in [0.717, 1.165) is 32.7 Å². The Hall–Kier alpha value is -1.46. The van der Waals surface area contributed by atoms with Crippen LogP contribution in [0.1, 0.15) is 5.56 Å². The van der Waals surface area contributed by atoms with Crippen molar-refractivity contribution in [3.63, 3.8) is 0 Å². The first-order valence-electron chi connectivity index (χ1n) is 6.93. The molecule has 0 saturated carbocycles. The summed E-state index contributed by atoms with van der Waals surface area (Å²) in [5, 5.41) is 12.0. The Labute approximate surface area is 126 Å². The summed E-state index contributed by atoms with van der Waals surface area (Å²) in [6.45, 7) is 4.99. The van der Waals surface area contributed by atoms with Gasteiger partial charge in [-0.3, -0.25) is 4.90 Å². The topological polar surface area (TPSA) is 76.4 Å². The molecule has 1 aliphatic heterocycles. The van der Waals surface area contributed by atoms with Gasteiger partial charge in [-0.1, -0.05) is 0 Å². The minimum Gasteiger partial charge on any atom is -0.314 e. The molecule has 2 rings (SSSR count). The van der Waals surface area contributed by atoms with E-state index in [1.54, 1.807) is 7.05 Å². The van der Waals surface area contributed by atoms with Gasteiger partial charge in [0.1, 0.15) is 0 Å². The summed E-state index contributed by atoms with van der Waals surface area (Å²) < 4.78 is 26.2. The molecule has 0 aromatic heterocycles. The number of sulfonamides is 1. The molecule has 1 heterocycles. The van der Waals surface area contributed by atoms with E-state index in [4.69, 9.17) is 5.26 Å². The van der Waals surface area contributed by atoms with Gasteiger partial charge in [0.25, 0.3) is 0 Å². The van der Waals surface area contributed by atoms with E-state index in [1.807, 2.05) is 6.07 Å². The lowest BCUT2D eigenvalue weighted by Crippen LogP contribution is -2.46. The molecule has 114 valence electrons. The van der Waals surface area contributed by atoms with E-state index in [2.05, 4.69) is 10.2 Å². The lowest BCUT2D eigenvalue weighted by atomic mass is 10.2. The molecule has 0 bridgehead atoms. The monoisotopic (exact) mass is 308 g/mol. The average Bonchev–Trinajstić information content (AvgIpc) is 2.53. The summed E-state index contributed by atoms with van der Waals surface area (Å²) in [4.78, 5) is 2.48. The van der Waals surface area contributed by atoms with Crippen LogP contribution in [-0.2, 0) is 10.0 Å². The summed E-state index contributed by atoms with van der Waals surface area (Å²) >= 11 is 0. The number of nitrogens with zero attached hydrogens (tertiary/aromatic N) is 3. The number of likely N-dealkylation sites (N-methyl/N-ethyl adjacent to an activating group) is 1. The van der Waals surface area contributed by atoms with Crippen molar-refractivity contribution in [3.8, 4) is 6.07 Å². The molecule has 1 aromatic rings. The average molecular weight is 308 g/mol. The van der Waals surface area contributed by atoms with Gasteiger partial charge < -0.3 is 5.32 Å². The van der Waals surface area contributed by atoms with Crippen LogP contribution in [-0.4, -0.2) is 63.9 Å². The highest BCUT2D eigenvalue weighted by Crippen LogP contribution is 2.14. The number of hydrogen-bond donors (Lipinski definition) is 1. The Bertz CT molecular complexity index is 601. The first-order valence-corrected chi connectivity index (χ1v) is 8.37. The molecule has 0 spiro atoms. The van der Waals surface area contributed by atoms with Crippen LogP contribution in [0.15, 0.2) is 29.2 Å². The lowest BCUT2D eigenvalue weighted by molar-refractivity contribution is 0.229. The minimum atomic E-state index is -3.48. The molecule has 1 saturated heterocycles. The third-order valence-corrected chi connectivity index (χ3v) is 5.50. The van der Waals surface area contributed by atoms with Gasteiger partial charge in [-0.05, 0) is 24.3 Å². The van der Waals surface area contributed by atoms with Crippen molar-refractivity contribution in [1.29, 1.82) is 5.26 Å². The van der Waals surface area contributed by atoms with Crippen LogP contribution in [0.4, 0.5) is 0 Å². The number of hydrogen-bond acceptors (Lipinski definition) is 5. The third kappa shape index (κ3) is 4.02. The second kappa shape index (κ2) is 7.00. The molecule has 0 unspecified atom stereocenters. The first kappa shape index (κ1) is 15.9. The molecule has 0 amide bonds. The number of nitriles is 1. The van der Waals surface area contributed by atoms with Crippen LogP contribution in [0.3, 0.4) is 0 Å². The van der Waals surface area contributed by atoms with Crippen molar-refractivity contribution in [3.05, 3.63) is 29.8 Å². The second-order valence-electron chi connectivity index (χ2n) is 5.05. The van der Waals surface area contributed by atoms with Crippen LogP contribution >= 0.6 is 0 Å². The molecule has 6 nitrogen and oxygen atoms in total. The van der Waals surface area contributed by atoms with E-state index in [0.29, 0.717) is 12.1 Å². The lowest BCUT2D eigenvalue weighted by Gasteiger charge is -2.28. The number of nitrogens with one attached hydrogen (secondary N) is 1. The van der Waals surface area contributed by atoms with Crippen molar-refractivity contribution in [1.82, 2.24) is 14.5 Å². The molecule has 1 aliphatic rings. The normalized spacial score (nSPS) is 16.8. The Morgan fingerprint density at radius 2 is 1.90 bits per heavy atom. The summed E-state index contributed by atoms with van der Waals surface area (Å²) in [5.41, 5.74) is 0.456. The highest BCUT2D eigenvalue weighted by Gasteiger charge is 2.21. The van der Waals surface area contributed by atoms with Gasteiger partial charge in [0.2, 0.25) is 10.0 Å². The van der Waals surface area contributed by atoms with E-state index >= 15 is 0 Å². The zero-order chi connectivity index (χ0) is 15.3. The zero-order valence-electron chi connectivity index (χ0n) is 12.1. The predicted octanol–water partition coefficient (Wildman–Crippen LogP) is 0.0840. The van der Waals surface area contributed by atoms with Gasteiger partial charge in [-0.2, -0.15) is 9.57 Å². The summed E-state index contributed by atoms with van der Waals surface area (Å²) in [7, 11) is -1.89. The SMILES string of the molecule is CN(CCN1CCNCC1)S(=O)(=O)c1ccc(C#N)cc1. The fourth-order valence-electron chi connectivity index (χ4n) is 2.22. The quantitative estimate of drug-likeness (QED) is 0.834. The van der Waals surface area contributed by atoms with Crippen molar-refractivity contribution in [2.75, 3.05) is 46.3 Å². The van der Waals surface area contributed by atoms with E-state index in [-0.39, 0.29) is 4.90 Å². The van der Waals surface area contributed by atoms with Crippen LogP contribution in [0, 0.1) is 11.3 Å². The second-order valence-corrected chi connectivity index (χ2v) is 7.10. The van der Waals surface area contributed by atoms with Crippen LogP contribution < -0.4 is 5.32 Å². The Kier molecular flexibility index (Phi) is 5.31. The van der Waals surface area contributed by atoms with Crippen molar-refractivity contribution < 1.29 is 8.42 Å². The fraction of sp³-hybridized carbons (Fsp3) is 0.500.